The van der Waals surface area contributed by atoms with E-state index in [1.807, 2.05) is 32.0 Å². The standard InChI is InChI=1S/C11H12N2S/c1-7-11(14-8(2)13-7)9-4-3-5-10(12)6-9/h3-6H,12H2,1-2H3. The molecule has 14 heavy (non-hydrogen) atoms. The molecule has 0 aliphatic heterocycles. The second kappa shape index (κ2) is 3.42. The zero-order chi connectivity index (χ0) is 10.1. The number of rotatable bonds is 1. The molecule has 3 heteroatoms. The highest BCUT2D eigenvalue weighted by atomic mass is 32.1. The lowest BCUT2D eigenvalue weighted by molar-refractivity contribution is 1.20. The van der Waals surface area contributed by atoms with E-state index in [-0.39, 0.29) is 0 Å². The molecule has 0 spiro atoms. The highest BCUT2D eigenvalue weighted by molar-refractivity contribution is 7.15. The lowest BCUT2D eigenvalue weighted by Gasteiger charge is -1.99. The number of benzene rings is 1. The fraction of sp³-hybridized carbons (Fsp3) is 0.182. The number of nitrogens with zero attached hydrogens (tertiary/aromatic N) is 1. The molecule has 0 atom stereocenters. The molecule has 0 saturated carbocycles. The molecular weight excluding hydrogens is 192 g/mol. The summed E-state index contributed by atoms with van der Waals surface area (Å²) in [6.07, 6.45) is 0. The van der Waals surface area contributed by atoms with Crippen molar-refractivity contribution in [2.75, 3.05) is 5.73 Å². The normalized spacial score (nSPS) is 10.4. The molecule has 0 aliphatic carbocycles. The van der Waals surface area contributed by atoms with Gasteiger partial charge in [0.1, 0.15) is 0 Å². The van der Waals surface area contributed by atoms with Crippen molar-refractivity contribution < 1.29 is 0 Å². The molecule has 0 amide bonds. The van der Waals surface area contributed by atoms with Gasteiger partial charge in [0.25, 0.3) is 0 Å². The molecule has 0 bridgehead atoms. The number of thiazole rings is 1. The molecule has 1 aromatic heterocycles. The van der Waals surface area contributed by atoms with Gasteiger partial charge in [0, 0.05) is 5.69 Å². The van der Waals surface area contributed by atoms with Gasteiger partial charge in [0.15, 0.2) is 0 Å². The minimum absolute atomic E-state index is 0.799. The smallest absolute Gasteiger partial charge is 0.0903 e. The van der Waals surface area contributed by atoms with E-state index in [1.165, 1.54) is 4.88 Å². The Morgan fingerprint density at radius 1 is 1.29 bits per heavy atom. The van der Waals surface area contributed by atoms with Crippen LogP contribution in [0, 0.1) is 13.8 Å². The second-order valence-corrected chi connectivity index (χ2v) is 4.48. The minimum atomic E-state index is 0.799. The van der Waals surface area contributed by atoms with E-state index in [9.17, 15) is 0 Å². The van der Waals surface area contributed by atoms with Gasteiger partial charge in [-0.15, -0.1) is 11.3 Å². The minimum Gasteiger partial charge on any atom is -0.399 e. The van der Waals surface area contributed by atoms with Crippen molar-refractivity contribution in [3.05, 3.63) is 35.0 Å². The first-order valence-corrected chi connectivity index (χ1v) is 5.28. The summed E-state index contributed by atoms with van der Waals surface area (Å²) in [4.78, 5) is 5.61. The van der Waals surface area contributed by atoms with Gasteiger partial charge in [-0.1, -0.05) is 12.1 Å². The monoisotopic (exact) mass is 204 g/mol. The predicted octanol–water partition coefficient (Wildman–Crippen LogP) is 3.01. The quantitative estimate of drug-likeness (QED) is 0.725. The van der Waals surface area contributed by atoms with Gasteiger partial charge in [0.2, 0.25) is 0 Å². The van der Waals surface area contributed by atoms with E-state index in [0.29, 0.717) is 0 Å². The van der Waals surface area contributed by atoms with Crippen LogP contribution in [0.3, 0.4) is 0 Å². The highest BCUT2D eigenvalue weighted by Gasteiger charge is 2.06. The summed E-state index contributed by atoms with van der Waals surface area (Å²) in [5.74, 6) is 0. The van der Waals surface area contributed by atoms with Crippen LogP contribution in [-0.2, 0) is 0 Å². The molecule has 72 valence electrons. The number of hydrogen-bond acceptors (Lipinski definition) is 3. The molecule has 2 nitrogen and oxygen atoms in total. The van der Waals surface area contributed by atoms with Gasteiger partial charge >= 0.3 is 0 Å². The molecular formula is C11H12N2S. The summed E-state index contributed by atoms with van der Waals surface area (Å²) in [7, 11) is 0. The van der Waals surface area contributed by atoms with Crippen molar-refractivity contribution in [2.24, 2.45) is 0 Å². The Kier molecular flexibility index (Phi) is 2.25. The summed E-state index contributed by atoms with van der Waals surface area (Å²) in [6.45, 7) is 4.05. The Labute approximate surface area is 87.4 Å². The third-order valence-electron chi connectivity index (χ3n) is 2.05. The van der Waals surface area contributed by atoms with Gasteiger partial charge in [-0.05, 0) is 31.5 Å². The van der Waals surface area contributed by atoms with Crippen molar-refractivity contribution >= 4 is 17.0 Å². The van der Waals surface area contributed by atoms with Gasteiger partial charge in [0.05, 0.1) is 15.6 Å². The Bertz CT molecular complexity index is 460. The van der Waals surface area contributed by atoms with Gasteiger partial charge in [-0.2, -0.15) is 0 Å². The van der Waals surface area contributed by atoms with E-state index in [2.05, 4.69) is 11.1 Å². The molecule has 0 fully saturated rings. The number of anilines is 1. The molecule has 1 heterocycles. The zero-order valence-corrected chi connectivity index (χ0v) is 9.06. The Morgan fingerprint density at radius 3 is 2.64 bits per heavy atom. The Hall–Kier alpha value is -1.35. The van der Waals surface area contributed by atoms with Crippen molar-refractivity contribution in [2.45, 2.75) is 13.8 Å². The SMILES string of the molecule is Cc1nc(C)c(-c2cccc(N)c2)s1. The Morgan fingerprint density at radius 2 is 2.07 bits per heavy atom. The number of nitrogens with two attached hydrogens (primary N) is 1. The average molecular weight is 204 g/mol. The first-order chi connectivity index (χ1) is 6.66. The lowest BCUT2D eigenvalue weighted by atomic mass is 10.1. The Balaban J connectivity index is 2.54. The molecule has 2 N–H and O–H groups in total. The second-order valence-electron chi connectivity index (χ2n) is 3.27. The average Bonchev–Trinajstić information content (AvgIpc) is 2.45. The van der Waals surface area contributed by atoms with Crippen LogP contribution < -0.4 is 5.73 Å². The summed E-state index contributed by atoms with van der Waals surface area (Å²) >= 11 is 1.71. The van der Waals surface area contributed by atoms with E-state index >= 15 is 0 Å². The van der Waals surface area contributed by atoms with Gasteiger partial charge in [-0.25, -0.2) is 4.98 Å². The third kappa shape index (κ3) is 1.63. The fourth-order valence-electron chi connectivity index (χ4n) is 1.48. The van der Waals surface area contributed by atoms with Gasteiger partial charge < -0.3 is 5.73 Å². The summed E-state index contributed by atoms with van der Waals surface area (Å²) < 4.78 is 0. The van der Waals surface area contributed by atoms with Crippen LogP contribution in [0.4, 0.5) is 5.69 Å². The number of nitrogen functional groups attached to an aromatic ring is 1. The largest absolute Gasteiger partial charge is 0.399 e. The maximum atomic E-state index is 5.74. The van der Waals surface area contributed by atoms with E-state index in [1.54, 1.807) is 11.3 Å². The first-order valence-electron chi connectivity index (χ1n) is 4.47. The first kappa shape index (κ1) is 9.21. The number of hydrogen-bond donors (Lipinski definition) is 1. The lowest BCUT2D eigenvalue weighted by Crippen LogP contribution is -1.84. The fourth-order valence-corrected chi connectivity index (χ4v) is 2.40. The van der Waals surface area contributed by atoms with Crippen LogP contribution in [0.1, 0.15) is 10.7 Å². The van der Waals surface area contributed by atoms with Crippen molar-refractivity contribution in [3.63, 3.8) is 0 Å². The molecule has 0 unspecified atom stereocenters. The molecule has 2 rings (SSSR count). The summed E-state index contributed by atoms with van der Waals surface area (Å²) in [5, 5.41) is 1.10. The van der Waals surface area contributed by atoms with Gasteiger partial charge in [-0.3, -0.25) is 0 Å². The molecule has 1 aromatic carbocycles. The van der Waals surface area contributed by atoms with Crippen molar-refractivity contribution in [1.29, 1.82) is 0 Å². The molecule has 0 radical (unpaired) electrons. The predicted molar refractivity (Wildman–Crippen MR) is 61.4 cm³/mol. The van der Waals surface area contributed by atoms with Crippen molar-refractivity contribution in [3.8, 4) is 10.4 Å². The topological polar surface area (TPSA) is 38.9 Å². The number of aromatic nitrogens is 1. The molecule has 0 saturated heterocycles. The number of aryl methyl sites for hydroxylation is 2. The van der Waals surface area contributed by atoms with Crippen LogP contribution in [0.15, 0.2) is 24.3 Å². The van der Waals surface area contributed by atoms with Crippen LogP contribution >= 0.6 is 11.3 Å². The van der Waals surface area contributed by atoms with Crippen molar-refractivity contribution in [1.82, 2.24) is 4.98 Å². The van der Waals surface area contributed by atoms with E-state index in [4.69, 9.17) is 5.73 Å². The molecule has 2 aromatic rings. The summed E-state index contributed by atoms with van der Waals surface area (Å²) in [5.41, 5.74) is 8.78. The van der Waals surface area contributed by atoms with Crippen LogP contribution in [0.25, 0.3) is 10.4 Å². The van der Waals surface area contributed by atoms with Crippen LogP contribution in [0.5, 0.6) is 0 Å². The highest BCUT2D eigenvalue weighted by Crippen LogP contribution is 2.30. The summed E-state index contributed by atoms with van der Waals surface area (Å²) in [6, 6.07) is 7.92. The maximum absolute atomic E-state index is 5.74. The van der Waals surface area contributed by atoms with E-state index in [0.717, 1.165) is 22.0 Å². The maximum Gasteiger partial charge on any atom is 0.0903 e. The third-order valence-corrected chi connectivity index (χ3v) is 3.17. The molecule has 0 aliphatic rings. The van der Waals surface area contributed by atoms with Crippen LogP contribution in [0.2, 0.25) is 0 Å². The van der Waals surface area contributed by atoms with E-state index < -0.39 is 0 Å². The zero-order valence-electron chi connectivity index (χ0n) is 8.24. The van der Waals surface area contributed by atoms with Crippen LogP contribution in [-0.4, -0.2) is 4.98 Å².